The van der Waals surface area contributed by atoms with Crippen molar-refractivity contribution in [2.24, 2.45) is 0 Å². The van der Waals surface area contributed by atoms with Gasteiger partial charge in [0.25, 0.3) is 0 Å². The van der Waals surface area contributed by atoms with E-state index in [1.54, 1.807) is 18.3 Å². The Hall–Kier alpha value is -2.23. The van der Waals surface area contributed by atoms with E-state index in [9.17, 15) is 9.18 Å². The predicted molar refractivity (Wildman–Crippen MR) is 74.2 cm³/mol. The van der Waals surface area contributed by atoms with Crippen LogP contribution in [0.4, 0.5) is 4.39 Å². The number of ketones is 1. The van der Waals surface area contributed by atoms with Crippen LogP contribution in [0.1, 0.15) is 17.7 Å². The summed E-state index contributed by atoms with van der Waals surface area (Å²) in [7, 11) is 1.41. The molecule has 0 radical (unpaired) electrons. The van der Waals surface area contributed by atoms with Crippen LogP contribution >= 0.6 is 0 Å². The highest BCUT2D eigenvalue weighted by atomic mass is 19.1. The molecule has 0 saturated carbocycles. The van der Waals surface area contributed by atoms with Crippen LogP contribution in [-0.2, 0) is 17.6 Å². The van der Waals surface area contributed by atoms with Crippen LogP contribution in [0.2, 0.25) is 0 Å². The number of ether oxygens (including phenoxy) is 1. The topological polar surface area (TPSA) is 39.2 Å². The van der Waals surface area contributed by atoms with Gasteiger partial charge in [-0.15, -0.1) is 0 Å². The number of carbonyl (C=O) groups is 1. The van der Waals surface area contributed by atoms with Crippen molar-refractivity contribution < 1.29 is 13.9 Å². The largest absolute Gasteiger partial charge is 0.494 e. The van der Waals surface area contributed by atoms with E-state index in [2.05, 4.69) is 4.98 Å². The number of benzene rings is 1. The van der Waals surface area contributed by atoms with E-state index in [1.807, 2.05) is 18.2 Å². The smallest absolute Gasteiger partial charge is 0.168 e. The highest BCUT2D eigenvalue weighted by Gasteiger charge is 2.12. The molecule has 0 unspecified atom stereocenters. The third kappa shape index (κ3) is 3.63. The van der Waals surface area contributed by atoms with Gasteiger partial charge >= 0.3 is 0 Å². The average Bonchev–Trinajstić information content (AvgIpc) is 2.48. The monoisotopic (exact) mass is 273 g/mol. The van der Waals surface area contributed by atoms with Crippen LogP contribution in [0.15, 0.2) is 42.6 Å². The summed E-state index contributed by atoms with van der Waals surface area (Å²) in [5.41, 5.74) is 1.24. The second kappa shape index (κ2) is 6.80. The van der Waals surface area contributed by atoms with Crippen LogP contribution in [-0.4, -0.2) is 17.9 Å². The van der Waals surface area contributed by atoms with E-state index in [0.29, 0.717) is 18.4 Å². The number of carbonyl (C=O) groups excluding carboxylic acids is 1. The average molecular weight is 273 g/mol. The standard InChI is InChI=1S/C16H16FNO2/c1-20-15-7-4-5-12(16(15)17)11-14(19)9-8-13-6-2-3-10-18-13/h2-7,10H,8-9,11H2,1H3. The van der Waals surface area contributed by atoms with Crippen molar-refractivity contribution in [3.05, 3.63) is 59.7 Å². The van der Waals surface area contributed by atoms with E-state index in [4.69, 9.17) is 4.74 Å². The van der Waals surface area contributed by atoms with Crippen LogP contribution in [0.5, 0.6) is 5.75 Å². The number of rotatable bonds is 6. The Kier molecular flexibility index (Phi) is 4.82. The Balaban J connectivity index is 1.95. The number of halogens is 1. The lowest BCUT2D eigenvalue weighted by atomic mass is 10.0. The molecule has 0 aliphatic rings. The first-order chi connectivity index (χ1) is 9.70. The lowest BCUT2D eigenvalue weighted by molar-refractivity contribution is -0.118. The summed E-state index contributed by atoms with van der Waals surface area (Å²) in [4.78, 5) is 16.1. The molecule has 4 heteroatoms. The molecule has 0 bridgehead atoms. The summed E-state index contributed by atoms with van der Waals surface area (Å²) >= 11 is 0. The van der Waals surface area contributed by atoms with Gasteiger partial charge in [0.1, 0.15) is 5.78 Å². The van der Waals surface area contributed by atoms with Gasteiger partial charge in [-0.1, -0.05) is 18.2 Å². The van der Waals surface area contributed by atoms with E-state index in [0.717, 1.165) is 5.69 Å². The summed E-state index contributed by atoms with van der Waals surface area (Å²) in [6, 6.07) is 10.4. The Morgan fingerprint density at radius 2 is 2.10 bits per heavy atom. The first-order valence-electron chi connectivity index (χ1n) is 6.43. The van der Waals surface area contributed by atoms with Gasteiger partial charge in [-0.25, -0.2) is 4.39 Å². The fourth-order valence-electron chi connectivity index (χ4n) is 1.96. The maximum atomic E-state index is 13.9. The van der Waals surface area contributed by atoms with Gasteiger partial charge in [-0.2, -0.15) is 0 Å². The molecule has 0 saturated heterocycles. The highest BCUT2D eigenvalue weighted by Crippen LogP contribution is 2.20. The minimum absolute atomic E-state index is 0.0113. The summed E-state index contributed by atoms with van der Waals surface area (Å²) in [6.45, 7) is 0. The molecule has 2 rings (SSSR count). The van der Waals surface area contributed by atoms with Gasteiger partial charge in [0.05, 0.1) is 7.11 Å². The van der Waals surface area contributed by atoms with Gasteiger partial charge in [-0.3, -0.25) is 9.78 Å². The van der Waals surface area contributed by atoms with Crippen molar-refractivity contribution in [1.82, 2.24) is 4.98 Å². The van der Waals surface area contributed by atoms with Gasteiger partial charge < -0.3 is 4.74 Å². The van der Waals surface area contributed by atoms with E-state index in [1.165, 1.54) is 13.2 Å². The number of hydrogen-bond donors (Lipinski definition) is 0. The van der Waals surface area contributed by atoms with Crippen molar-refractivity contribution in [1.29, 1.82) is 0 Å². The van der Waals surface area contributed by atoms with Crippen molar-refractivity contribution in [2.45, 2.75) is 19.3 Å². The molecule has 0 fully saturated rings. The maximum absolute atomic E-state index is 13.9. The second-order valence-electron chi connectivity index (χ2n) is 4.47. The predicted octanol–water partition coefficient (Wildman–Crippen LogP) is 2.97. The number of pyridine rings is 1. The van der Waals surface area contributed by atoms with Crippen LogP contribution in [0.25, 0.3) is 0 Å². The molecule has 1 aromatic heterocycles. The number of nitrogens with zero attached hydrogens (tertiary/aromatic N) is 1. The van der Waals surface area contributed by atoms with Crippen molar-refractivity contribution in [3.8, 4) is 5.75 Å². The minimum Gasteiger partial charge on any atom is -0.494 e. The first kappa shape index (κ1) is 14.2. The van der Waals surface area contributed by atoms with Crippen molar-refractivity contribution >= 4 is 5.78 Å². The van der Waals surface area contributed by atoms with E-state index in [-0.39, 0.29) is 18.0 Å². The maximum Gasteiger partial charge on any atom is 0.168 e. The lowest BCUT2D eigenvalue weighted by Crippen LogP contribution is -2.07. The zero-order valence-corrected chi connectivity index (χ0v) is 11.3. The summed E-state index contributed by atoms with van der Waals surface area (Å²) < 4.78 is 18.8. The number of aromatic nitrogens is 1. The van der Waals surface area contributed by atoms with Crippen LogP contribution in [0.3, 0.4) is 0 Å². The van der Waals surface area contributed by atoms with Gasteiger partial charge in [0, 0.05) is 24.7 Å². The Labute approximate surface area is 117 Å². The molecule has 0 aliphatic heterocycles. The zero-order chi connectivity index (χ0) is 14.4. The lowest BCUT2D eigenvalue weighted by Gasteiger charge is -2.06. The number of aryl methyl sites for hydroxylation is 1. The summed E-state index contributed by atoms with van der Waals surface area (Å²) in [6.07, 6.45) is 2.70. The molecule has 1 aromatic carbocycles. The molecule has 0 aliphatic carbocycles. The third-order valence-electron chi connectivity index (χ3n) is 3.04. The summed E-state index contributed by atoms with van der Waals surface area (Å²) in [5, 5.41) is 0. The fraction of sp³-hybridized carbons (Fsp3) is 0.250. The number of methoxy groups -OCH3 is 1. The quantitative estimate of drug-likeness (QED) is 0.812. The highest BCUT2D eigenvalue weighted by molar-refractivity contribution is 5.81. The first-order valence-corrected chi connectivity index (χ1v) is 6.43. The molecule has 104 valence electrons. The normalized spacial score (nSPS) is 10.3. The molecule has 0 spiro atoms. The molecule has 0 atom stereocenters. The zero-order valence-electron chi connectivity index (χ0n) is 11.3. The van der Waals surface area contributed by atoms with Crippen molar-refractivity contribution in [3.63, 3.8) is 0 Å². The fourth-order valence-corrected chi connectivity index (χ4v) is 1.96. The molecule has 3 nitrogen and oxygen atoms in total. The Bertz CT molecular complexity index is 584. The van der Waals surface area contributed by atoms with Crippen LogP contribution in [0, 0.1) is 5.82 Å². The Morgan fingerprint density at radius 3 is 2.80 bits per heavy atom. The second-order valence-corrected chi connectivity index (χ2v) is 4.47. The van der Waals surface area contributed by atoms with Crippen LogP contribution < -0.4 is 4.74 Å². The molecule has 1 heterocycles. The molecular weight excluding hydrogens is 257 g/mol. The van der Waals surface area contributed by atoms with E-state index >= 15 is 0 Å². The van der Waals surface area contributed by atoms with Gasteiger partial charge in [0.15, 0.2) is 11.6 Å². The molecule has 0 N–H and O–H groups in total. The molecule has 0 amide bonds. The number of Topliss-reactive ketones (excluding diaryl/α,β-unsaturated/α-hetero) is 1. The Morgan fingerprint density at radius 1 is 1.25 bits per heavy atom. The van der Waals surface area contributed by atoms with Crippen molar-refractivity contribution in [2.75, 3.05) is 7.11 Å². The number of hydrogen-bond acceptors (Lipinski definition) is 3. The van der Waals surface area contributed by atoms with Gasteiger partial charge in [0.2, 0.25) is 0 Å². The molecule has 2 aromatic rings. The molecule has 20 heavy (non-hydrogen) atoms. The SMILES string of the molecule is COc1cccc(CC(=O)CCc2ccccn2)c1F. The third-order valence-corrected chi connectivity index (χ3v) is 3.04. The van der Waals surface area contributed by atoms with E-state index < -0.39 is 5.82 Å². The summed E-state index contributed by atoms with van der Waals surface area (Å²) in [5.74, 6) is -0.302. The minimum atomic E-state index is -0.457. The molecular formula is C16H16FNO2. The van der Waals surface area contributed by atoms with Gasteiger partial charge in [-0.05, 0) is 30.2 Å².